The van der Waals surface area contributed by atoms with E-state index in [1.54, 1.807) is 0 Å². The summed E-state index contributed by atoms with van der Waals surface area (Å²) in [6.07, 6.45) is 2.81. The number of hydrogen-bond donors (Lipinski definition) is 2. The van der Waals surface area contributed by atoms with E-state index in [0.717, 1.165) is 31.1 Å². The predicted octanol–water partition coefficient (Wildman–Crippen LogP) is 1.79. The van der Waals surface area contributed by atoms with Gasteiger partial charge in [-0.15, -0.1) is 0 Å². The molecule has 2 N–H and O–H groups in total. The fourth-order valence-corrected chi connectivity index (χ4v) is 3.34. The van der Waals surface area contributed by atoms with Crippen LogP contribution in [-0.2, 0) is 10.0 Å². The first-order valence-electron chi connectivity index (χ1n) is 5.82. The van der Waals surface area contributed by atoms with Crippen LogP contribution < -0.4 is 10.0 Å². The quantitative estimate of drug-likeness (QED) is 0.815. The van der Waals surface area contributed by atoms with Crippen molar-refractivity contribution in [3.63, 3.8) is 0 Å². The van der Waals surface area contributed by atoms with Gasteiger partial charge in [0.2, 0.25) is 10.0 Å². The third-order valence-electron chi connectivity index (χ3n) is 2.85. The summed E-state index contributed by atoms with van der Waals surface area (Å²) < 4.78 is 39.8. The second-order valence-electron chi connectivity index (χ2n) is 4.22. The minimum Gasteiger partial charge on any atom is -0.313 e. The molecule has 0 aromatic heterocycles. The summed E-state index contributed by atoms with van der Waals surface area (Å²) in [5.74, 6) is -0.486. The Labute approximate surface area is 120 Å². The summed E-state index contributed by atoms with van der Waals surface area (Å²) in [6.45, 7) is 1.91. The van der Waals surface area contributed by atoms with Crippen molar-refractivity contribution in [2.45, 2.75) is 11.3 Å². The highest BCUT2D eigenvalue weighted by Gasteiger charge is 2.16. The zero-order valence-corrected chi connectivity index (χ0v) is 12.5. The Bertz CT molecular complexity index is 602. The summed E-state index contributed by atoms with van der Waals surface area (Å²) in [5.41, 5.74) is 1.06. The fraction of sp³-hybridized carbons (Fsp3) is 0.333. The lowest BCUT2D eigenvalue weighted by Gasteiger charge is -2.14. The number of sulfonamides is 1. The van der Waals surface area contributed by atoms with Crippen LogP contribution in [0.2, 0.25) is 0 Å². The molecular formula is C12H14BrFN2O2S. The maximum atomic E-state index is 13.1. The fourth-order valence-electron chi connectivity index (χ4n) is 1.75. The van der Waals surface area contributed by atoms with Crippen LogP contribution >= 0.6 is 15.9 Å². The van der Waals surface area contributed by atoms with Gasteiger partial charge in [-0.05, 0) is 47.1 Å². The molecule has 1 heterocycles. The van der Waals surface area contributed by atoms with Gasteiger partial charge in [0, 0.05) is 13.1 Å². The molecule has 4 nitrogen and oxygen atoms in total. The Morgan fingerprint density at radius 2 is 2.21 bits per heavy atom. The lowest BCUT2D eigenvalue weighted by atomic mass is 10.1. The molecule has 1 aromatic carbocycles. The normalized spacial score (nSPS) is 16.2. The molecule has 104 valence electrons. The summed E-state index contributed by atoms with van der Waals surface area (Å²) in [6, 6.07) is 3.64. The largest absolute Gasteiger partial charge is 0.313 e. The molecule has 0 atom stereocenters. The van der Waals surface area contributed by atoms with Crippen molar-refractivity contribution in [3.05, 3.63) is 40.1 Å². The van der Waals surface area contributed by atoms with E-state index < -0.39 is 15.8 Å². The number of hydrogen-bond acceptors (Lipinski definition) is 3. The van der Waals surface area contributed by atoms with Crippen molar-refractivity contribution in [1.29, 1.82) is 0 Å². The van der Waals surface area contributed by atoms with Crippen molar-refractivity contribution in [3.8, 4) is 0 Å². The van der Waals surface area contributed by atoms with Crippen LogP contribution in [0.15, 0.2) is 39.2 Å². The molecule has 0 aliphatic carbocycles. The van der Waals surface area contributed by atoms with Crippen molar-refractivity contribution >= 4 is 26.0 Å². The highest BCUT2D eigenvalue weighted by molar-refractivity contribution is 9.10. The zero-order chi connectivity index (χ0) is 13.9. The second-order valence-corrected chi connectivity index (χ2v) is 6.84. The molecular weight excluding hydrogens is 335 g/mol. The zero-order valence-electron chi connectivity index (χ0n) is 10.1. The molecule has 1 aliphatic rings. The van der Waals surface area contributed by atoms with Gasteiger partial charge in [-0.2, -0.15) is 0 Å². The summed E-state index contributed by atoms with van der Waals surface area (Å²) in [7, 11) is -3.61. The monoisotopic (exact) mass is 348 g/mol. The van der Waals surface area contributed by atoms with Gasteiger partial charge in [0.15, 0.2) is 0 Å². The van der Waals surface area contributed by atoms with E-state index in [-0.39, 0.29) is 9.37 Å². The summed E-state index contributed by atoms with van der Waals surface area (Å²) in [4.78, 5) is 0.0512. The van der Waals surface area contributed by atoms with Gasteiger partial charge in [0.05, 0.1) is 9.37 Å². The minimum absolute atomic E-state index is 0.0512. The smallest absolute Gasteiger partial charge is 0.240 e. The molecule has 0 bridgehead atoms. The Morgan fingerprint density at radius 1 is 1.42 bits per heavy atom. The van der Waals surface area contributed by atoms with E-state index in [1.807, 2.05) is 6.08 Å². The molecule has 0 saturated heterocycles. The number of benzene rings is 1. The van der Waals surface area contributed by atoms with E-state index in [1.165, 1.54) is 12.1 Å². The van der Waals surface area contributed by atoms with Crippen LogP contribution in [0, 0.1) is 5.82 Å². The molecule has 0 saturated carbocycles. The number of nitrogens with one attached hydrogen (secondary N) is 2. The molecule has 0 radical (unpaired) electrons. The van der Waals surface area contributed by atoms with Crippen LogP contribution in [0.25, 0.3) is 0 Å². The topological polar surface area (TPSA) is 58.2 Å². The standard InChI is InChI=1S/C12H14BrFN2O2S/c13-11-7-10(1-2-12(11)14)19(17,18)16-8-9-3-5-15-6-4-9/h1-3,7,15-16H,4-6,8H2. The molecule has 1 aromatic rings. The van der Waals surface area contributed by atoms with Crippen LogP contribution in [0.4, 0.5) is 4.39 Å². The van der Waals surface area contributed by atoms with Gasteiger partial charge in [-0.25, -0.2) is 17.5 Å². The third-order valence-corrected chi connectivity index (χ3v) is 4.86. The molecule has 0 fully saturated rings. The lowest BCUT2D eigenvalue weighted by Crippen LogP contribution is -2.29. The van der Waals surface area contributed by atoms with Gasteiger partial charge < -0.3 is 5.32 Å². The van der Waals surface area contributed by atoms with Crippen LogP contribution in [0.5, 0.6) is 0 Å². The van der Waals surface area contributed by atoms with E-state index in [9.17, 15) is 12.8 Å². The molecule has 0 spiro atoms. The first-order chi connectivity index (χ1) is 8.99. The van der Waals surface area contributed by atoms with Crippen LogP contribution in [-0.4, -0.2) is 28.1 Å². The first-order valence-corrected chi connectivity index (χ1v) is 8.10. The number of rotatable bonds is 4. The Hall–Kier alpha value is -0.760. The Balaban J connectivity index is 2.09. The van der Waals surface area contributed by atoms with Gasteiger partial charge in [-0.1, -0.05) is 11.6 Å². The predicted molar refractivity (Wildman–Crippen MR) is 74.9 cm³/mol. The number of halogens is 2. The molecule has 2 rings (SSSR count). The molecule has 7 heteroatoms. The lowest BCUT2D eigenvalue weighted by molar-refractivity contribution is 0.581. The Morgan fingerprint density at radius 3 is 2.84 bits per heavy atom. The third kappa shape index (κ3) is 3.85. The van der Waals surface area contributed by atoms with Gasteiger partial charge >= 0.3 is 0 Å². The molecule has 0 amide bonds. The average Bonchev–Trinajstić information content (AvgIpc) is 2.41. The van der Waals surface area contributed by atoms with Gasteiger partial charge in [0.1, 0.15) is 5.82 Å². The molecule has 1 aliphatic heterocycles. The minimum atomic E-state index is -3.61. The first kappa shape index (κ1) is 14.6. The van der Waals surface area contributed by atoms with Crippen molar-refractivity contribution < 1.29 is 12.8 Å². The summed E-state index contributed by atoms with van der Waals surface area (Å²) in [5, 5.41) is 3.16. The maximum absolute atomic E-state index is 13.1. The van der Waals surface area contributed by atoms with Crippen molar-refractivity contribution in [1.82, 2.24) is 10.0 Å². The van der Waals surface area contributed by atoms with E-state index in [2.05, 4.69) is 26.0 Å². The van der Waals surface area contributed by atoms with E-state index >= 15 is 0 Å². The SMILES string of the molecule is O=S(=O)(NCC1=CCNCC1)c1ccc(F)c(Br)c1. The van der Waals surface area contributed by atoms with Crippen LogP contribution in [0.3, 0.4) is 0 Å². The van der Waals surface area contributed by atoms with Crippen molar-refractivity contribution in [2.24, 2.45) is 0 Å². The van der Waals surface area contributed by atoms with Crippen molar-refractivity contribution in [2.75, 3.05) is 19.6 Å². The van der Waals surface area contributed by atoms with Gasteiger partial charge in [-0.3, -0.25) is 0 Å². The average molecular weight is 349 g/mol. The van der Waals surface area contributed by atoms with Gasteiger partial charge in [0.25, 0.3) is 0 Å². The molecule has 19 heavy (non-hydrogen) atoms. The molecule has 0 unspecified atom stereocenters. The second kappa shape index (κ2) is 6.13. The summed E-state index contributed by atoms with van der Waals surface area (Å²) >= 11 is 2.98. The van der Waals surface area contributed by atoms with E-state index in [4.69, 9.17) is 0 Å². The highest BCUT2D eigenvalue weighted by Crippen LogP contribution is 2.20. The Kier molecular flexibility index (Phi) is 4.72. The van der Waals surface area contributed by atoms with E-state index in [0.29, 0.717) is 6.54 Å². The van der Waals surface area contributed by atoms with Crippen LogP contribution in [0.1, 0.15) is 6.42 Å². The highest BCUT2D eigenvalue weighted by atomic mass is 79.9. The maximum Gasteiger partial charge on any atom is 0.240 e.